The molecule has 0 aromatic rings. The second kappa shape index (κ2) is 2.65. The third kappa shape index (κ3) is 1.05. The Morgan fingerprint density at radius 1 is 1.20 bits per heavy atom. The lowest BCUT2D eigenvalue weighted by molar-refractivity contribution is 0.227. The van der Waals surface area contributed by atoms with E-state index in [9.17, 15) is 0 Å². The van der Waals surface area contributed by atoms with Gasteiger partial charge in [-0.3, -0.25) is 5.32 Å². The molecule has 0 aromatic carbocycles. The first-order valence-electron chi connectivity index (χ1n) is 4.30. The van der Waals surface area contributed by atoms with Gasteiger partial charge in [0.2, 0.25) is 0 Å². The van der Waals surface area contributed by atoms with Crippen LogP contribution in [0.1, 0.15) is 25.7 Å². The van der Waals surface area contributed by atoms with E-state index in [-0.39, 0.29) is 0 Å². The fourth-order valence-electron chi connectivity index (χ4n) is 1.83. The van der Waals surface area contributed by atoms with E-state index in [1.807, 2.05) is 6.20 Å². The molecule has 1 atom stereocenters. The first-order valence-corrected chi connectivity index (χ1v) is 4.30. The maximum absolute atomic E-state index is 4.19. The van der Waals surface area contributed by atoms with E-state index in [0.29, 0.717) is 0 Å². The molecule has 1 unspecified atom stereocenters. The van der Waals surface area contributed by atoms with Crippen LogP contribution in [0.4, 0.5) is 0 Å². The van der Waals surface area contributed by atoms with Crippen molar-refractivity contribution in [3.8, 4) is 0 Å². The summed E-state index contributed by atoms with van der Waals surface area (Å²) >= 11 is 0. The summed E-state index contributed by atoms with van der Waals surface area (Å²) in [4.78, 5) is 0. The number of allylic oxidation sites excluding steroid dienone is 1. The molecule has 0 aromatic heterocycles. The zero-order valence-electron chi connectivity index (χ0n) is 6.29. The van der Waals surface area contributed by atoms with Crippen LogP contribution in [-0.4, -0.2) is 6.54 Å². The Hall–Kier alpha value is -0.460. The summed E-state index contributed by atoms with van der Waals surface area (Å²) in [6, 6.07) is 0. The average molecular weight is 136 g/mol. The van der Waals surface area contributed by atoms with E-state index >= 15 is 0 Å². The standard InChI is InChI=1S/C9H14N/c1-2-8(3-1)9-4-6-10-7-5-9/h4,6,8-9H,1-3,5,7H2. The minimum absolute atomic E-state index is 0.881. The normalized spacial score (nSPS) is 33.0. The van der Waals surface area contributed by atoms with Crippen molar-refractivity contribution in [1.29, 1.82) is 0 Å². The van der Waals surface area contributed by atoms with E-state index < -0.39 is 0 Å². The third-order valence-electron chi connectivity index (χ3n) is 2.79. The molecule has 1 nitrogen and oxygen atoms in total. The number of nitrogens with zero attached hydrogens (tertiary/aromatic N) is 1. The van der Waals surface area contributed by atoms with Gasteiger partial charge in [-0.2, -0.15) is 0 Å². The zero-order valence-corrected chi connectivity index (χ0v) is 6.29. The average Bonchev–Trinajstić information content (AvgIpc) is 1.86. The van der Waals surface area contributed by atoms with Crippen LogP contribution >= 0.6 is 0 Å². The van der Waals surface area contributed by atoms with Crippen LogP contribution in [0.3, 0.4) is 0 Å². The van der Waals surface area contributed by atoms with Gasteiger partial charge in [-0.25, -0.2) is 0 Å². The summed E-state index contributed by atoms with van der Waals surface area (Å²) in [7, 11) is 0. The van der Waals surface area contributed by atoms with Crippen LogP contribution in [0.2, 0.25) is 0 Å². The summed E-state index contributed by atoms with van der Waals surface area (Å²) in [6.07, 6.45) is 10.0. The largest absolute Gasteiger partial charge is 0.293 e. The second-order valence-corrected chi connectivity index (χ2v) is 3.39. The fraction of sp³-hybridized carbons (Fsp3) is 0.778. The Labute approximate surface area is 62.5 Å². The first kappa shape index (κ1) is 6.26. The highest BCUT2D eigenvalue weighted by Crippen LogP contribution is 2.36. The molecule has 1 heterocycles. The molecule has 1 aliphatic carbocycles. The second-order valence-electron chi connectivity index (χ2n) is 3.39. The van der Waals surface area contributed by atoms with Gasteiger partial charge in [0.15, 0.2) is 0 Å². The summed E-state index contributed by atoms with van der Waals surface area (Å²) in [5, 5.41) is 4.19. The van der Waals surface area contributed by atoms with Crippen molar-refractivity contribution in [2.75, 3.05) is 6.54 Å². The molecule has 2 aliphatic rings. The molecule has 0 bridgehead atoms. The van der Waals surface area contributed by atoms with Gasteiger partial charge >= 0.3 is 0 Å². The van der Waals surface area contributed by atoms with Gasteiger partial charge in [0, 0.05) is 12.7 Å². The topological polar surface area (TPSA) is 14.1 Å². The Kier molecular flexibility index (Phi) is 1.66. The molecule has 0 N–H and O–H groups in total. The quantitative estimate of drug-likeness (QED) is 0.523. The molecule has 1 saturated carbocycles. The maximum atomic E-state index is 4.19. The molecule has 0 saturated heterocycles. The molecule has 0 spiro atoms. The third-order valence-corrected chi connectivity index (χ3v) is 2.79. The minimum Gasteiger partial charge on any atom is -0.293 e. The van der Waals surface area contributed by atoms with Crippen LogP contribution in [0.5, 0.6) is 0 Å². The van der Waals surface area contributed by atoms with Gasteiger partial charge in [-0.15, -0.1) is 0 Å². The first-order chi connectivity index (χ1) is 4.97. The molecule has 1 fully saturated rings. The Balaban J connectivity index is 1.90. The molecule has 1 aliphatic heterocycles. The highest BCUT2D eigenvalue weighted by Gasteiger charge is 2.25. The van der Waals surface area contributed by atoms with Crippen molar-refractivity contribution >= 4 is 0 Å². The van der Waals surface area contributed by atoms with Crippen molar-refractivity contribution < 1.29 is 0 Å². The molecule has 10 heavy (non-hydrogen) atoms. The lowest BCUT2D eigenvalue weighted by atomic mass is 9.74. The van der Waals surface area contributed by atoms with Crippen LogP contribution < -0.4 is 5.32 Å². The Morgan fingerprint density at radius 3 is 2.60 bits per heavy atom. The van der Waals surface area contributed by atoms with Crippen LogP contribution in [0.25, 0.3) is 0 Å². The SMILES string of the molecule is C1=CC(C2CCC2)CC[N]1. The van der Waals surface area contributed by atoms with E-state index in [1.165, 1.54) is 25.7 Å². The van der Waals surface area contributed by atoms with Gasteiger partial charge in [0.25, 0.3) is 0 Å². The van der Waals surface area contributed by atoms with Gasteiger partial charge < -0.3 is 0 Å². The lowest BCUT2D eigenvalue weighted by Gasteiger charge is -2.33. The number of rotatable bonds is 1. The summed E-state index contributed by atoms with van der Waals surface area (Å²) in [6.45, 7) is 1.07. The number of hydrogen-bond donors (Lipinski definition) is 0. The zero-order chi connectivity index (χ0) is 6.81. The Bertz CT molecular complexity index is 136. The van der Waals surface area contributed by atoms with Crippen molar-refractivity contribution in [1.82, 2.24) is 5.32 Å². The Morgan fingerprint density at radius 2 is 2.10 bits per heavy atom. The van der Waals surface area contributed by atoms with Crippen molar-refractivity contribution in [2.45, 2.75) is 25.7 Å². The maximum Gasteiger partial charge on any atom is 0.0394 e. The van der Waals surface area contributed by atoms with Gasteiger partial charge in [-0.1, -0.05) is 12.5 Å². The van der Waals surface area contributed by atoms with E-state index in [1.54, 1.807) is 0 Å². The van der Waals surface area contributed by atoms with Gasteiger partial charge in [0.1, 0.15) is 0 Å². The molecule has 1 radical (unpaired) electrons. The van der Waals surface area contributed by atoms with E-state index in [2.05, 4.69) is 11.4 Å². The molecule has 1 heteroatoms. The predicted octanol–water partition coefficient (Wildman–Crippen LogP) is 1.92. The highest BCUT2D eigenvalue weighted by molar-refractivity contribution is 4.96. The highest BCUT2D eigenvalue weighted by atomic mass is 14.8. The molecule has 55 valence electrons. The molecular weight excluding hydrogens is 122 g/mol. The van der Waals surface area contributed by atoms with Crippen LogP contribution in [0, 0.1) is 11.8 Å². The van der Waals surface area contributed by atoms with Crippen molar-refractivity contribution in [2.24, 2.45) is 11.8 Å². The summed E-state index contributed by atoms with van der Waals surface area (Å²) < 4.78 is 0. The fourth-order valence-corrected chi connectivity index (χ4v) is 1.83. The van der Waals surface area contributed by atoms with Crippen LogP contribution in [0.15, 0.2) is 12.3 Å². The molecule has 2 rings (SSSR count). The van der Waals surface area contributed by atoms with E-state index in [4.69, 9.17) is 0 Å². The van der Waals surface area contributed by atoms with Gasteiger partial charge in [-0.05, 0) is 31.1 Å². The molecule has 0 amide bonds. The van der Waals surface area contributed by atoms with Crippen molar-refractivity contribution in [3.63, 3.8) is 0 Å². The minimum atomic E-state index is 0.881. The predicted molar refractivity (Wildman–Crippen MR) is 41.6 cm³/mol. The summed E-state index contributed by atoms with van der Waals surface area (Å²) in [5.41, 5.74) is 0. The smallest absolute Gasteiger partial charge is 0.0394 e. The summed E-state index contributed by atoms with van der Waals surface area (Å²) in [5.74, 6) is 1.90. The monoisotopic (exact) mass is 136 g/mol. The van der Waals surface area contributed by atoms with Gasteiger partial charge in [0.05, 0.1) is 0 Å². The molecular formula is C9H14N. The van der Waals surface area contributed by atoms with Crippen LogP contribution in [-0.2, 0) is 0 Å². The lowest BCUT2D eigenvalue weighted by Crippen LogP contribution is -2.24. The van der Waals surface area contributed by atoms with E-state index in [0.717, 1.165) is 18.4 Å². The number of hydrogen-bond acceptors (Lipinski definition) is 0. The van der Waals surface area contributed by atoms with Crippen molar-refractivity contribution in [3.05, 3.63) is 12.3 Å².